The van der Waals surface area contributed by atoms with Gasteiger partial charge in [-0.05, 0) is 17.8 Å². The van der Waals surface area contributed by atoms with Crippen molar-refractivity contribution in [2.45, 2.75) is 41.0 Å². The highest BCUT2D eigenvalue weighted by molar-refractivity contribution is 5.79. The Morgan fingerprint density at radius 3 is 2.10 bits per heavy atom. The Balaban J connectivity index is 2.48. The average Bonchev–Trinajstić information content (AvgIpc) is 2.34. The summed E-state index contributed by atoms with van der Waals surface area (Å²) in [4.78, 5) is 17.0. The molecule has 20 heavy (non-hydrogen) atoms. The summed E-state index contributed by atoms with van der Waals surface area (Å²) in [5.74, 6) is 0.924. The third kappa shape index (κ3) is 5.80. The van der Waals surface area contributed by atoms with E-state index < -0.39 is 0 Å². The Hall–Kier alpha value is -0.610. The van der Waals surface area contributed by atoms with Crippen LogP contribution in [0.4, 0.5) is 0 Å². The zero-order chi connectivity index (χ0) is 15.3. The molecule has 1 rings (SSSR count). The van der Waals surface area contributed by atoms with Crippen molar-refractivity contribution in [3.8, 4) is 0 Å². The van der Waals surface area contributed by atoms with Crippen LogP contribution in [0.2, 0.25) is 0 Å². The number of amides is 1. The van der Waals surface area contributed by atoms with Gasteiger partial charge in [0.25, 0.3) is 0 Å². The van der Waals surface area contributed by atoms with Gasteiger partial charge in [0.15, 0.2) is 0 Å². The monoisotopic (exact) mass is 283 g/mol. The fourth-order valence-electron chi connectivity index (χ4n) is 2.94. The molecule has 2 N–H and O–H groups in total. The van der Waals surface area contributed by atoms with Crippen molar-refractivity contribution >= 4 is 5.91 Å². The summed E-state index contributed by atoms with van der Waals surface area (Å²) in [5.41, 5.74) is 5.97. The predicted octanol–water partition coefficient (Wildman–Crippen LogP) is 1.80. The lowest BCUT2D eigenvalue weighted by Crippen LogP contribution is -2.52. The third-order valence-corrected chi connectivity index (χ3v) is 3.80. The van der Waals surface area contributed by atoms with Gasteiger partial charge >= 0.3 is 0 Å². The van der Waals surface area contributed by atoms with Crippen LogP contribution in [-0.4, -0.2) is 55.0 Å². The summed E-state index contributed by atoms with van der Waals surface area (Å²) in [5, 5.41) is 0. The van der Waals surface area contributed by atoms with Crippen LogP contribution in [0.3, 0.4) is 0 Å². The maximum atomic E-state index is 12.6. The first-order chi connectivity index (χ1) is 9.23. The Labute approximate surface area is 124 Å². The number of hydrogen-bond donors (Lipinski definition) is 1. The fraction of sp³-hybridized carbons (Fsp3) is 0.938. The second kappa shape index (κ2) is 7.41. The summed E-state index contributed by atoms with van der Waals surface area (Å²) in [6, 6.07) is 0. The molecule has 4 nitrogen and oxygen atoms in total. The number of carbonyl (C=O) groups excluding carboxylic acids is 1. The zero-order valence-corrected chi connectivity index (χ0v) is 14.0. The van der Waals surface area contributed by atoms with Crippen molar-refractivity contribution in [2.75, 3.05) is 39.3 Å². The molecule has 1 aliphatic rings. The minimum absolute atomic E-state index is 0.0216. The minimum atomic E-state index is -0.0216. The van der Waals surface area contributed by atoms with Crippen LogP contribution in [0.1, 0.15) is 41.0 Å². The summed E-state index contributed by atoms with van der Waals surface area (Å²) in [6.07, 6.45) is 0.870. The van der Waals surface area contributed by atoms with E-state index >= 15 is 0 Å². The van der Waals surface area contributed by atoms with Gasteiger partial charge in [0.1, 0.15) is 0 Å². The maximum absolute atomic E-state index is 12.6. The van der Waals surface area contributed by atoms with Gasteiger partial charge in [0.05, 0.1) is 5.92 Å². The lowest BCUT2D eigenvalue weighted by atomic mass is 9.84. The average molecular weight is 283 g/mol. The molecule has 0 saturated carbocycles. The molecule has 0 aromatic rings. The summed E-state index contributed by atoms with van der Waals surface area (Å²) in [6.45, 7) is 16.3. The molecular formula is C16H33N3O. The van der Waals surface area contributed by atoms with Crippen LogP contribution in [-0.2, 0) is 4.79 Å². The summed E-state index contributed by atoms with van der Waals surface area (Å²) >= 11 is 0. The maximum Gasteiger partial charge on any atom is 0.227 e. The molecule has 0 aromatic heterocycles. The Kier molecular flexibility index (Phi) is 6.46. The molecule has 1 amide bonds. The quantitative estimate of drug-likeness (QED) is 0.837. The van der Waals surface area contributed by atoms with E-state index in [2.05, 4.69) is 39.5 Å². The van der Waals surface area contributed by atoms with Crippen molar-refractivity contribution in [3.63, 3.8) is 0 Å². The first-order valence-electron chi connectivity index (χ1n) is 7.94. The van der Waals surface area contributed by atoms with Gasteiger partial charge in [-0.25, -0.2) is 0 Å². The Morgan fingerprint density at radius 2 is 1.70 bits per heavy atom. The summed E-state index contributed by atoms with van der Waals surface area (Å²) < 4.78 is 0. The standard InChI is InChI=1S/C16H33N3O/c1-13(2)12-18-6-8-19(9-7-18)15(20)14(11-17)10-16(3,4)5/h13-14H,6-12,17H2,1-5H3. The van der Waals surface area contributed by atoms with Gasteiger partial charge in [-0.15, -0.1) is 0 Å². The number of nitrogens with zero attached hydrogens (tertiary/aromatic N) is 2. The van der Waals surface area contributed by atoms with Crippen molar-refractivity contribution in [1.29, 1.82) is 0 Å². The van der Waals surface area contributed by atoms with E-state index in [0.29, 0.717) is 12.5 Å². The van der Waals surface area contributed by atoms with E-state index in [4.69, 9.17) is 5.73 Å². The third-order valence-electron chi connectivity index (χ3n) is 3.80. The fourth-order valence-corrected chi connectivity index (χ4v) is 2.94. The molecule has 4 heteroatoms. The van der Waals surface area contributed by atoms with E-state index in [0.717, 1.165) is 39.1 Å². The zero-order valence-electron chi connectivity index (χ0n) is 14.0. The number of nitrogens with two attached hydrogens (primary N) is 1. The molecule has 0 aromatic carbocycles. The molecule has 118 valence electrons. The molecule has 1 saturated heterocycles. The van der Waals surface area contributed by atoms with Gasteiger partial charge in [-0.3, -0.25) is 9.69 Å². The van der Waals surface area contributed by atoms with Crippen molar-refractivity contribution in [2.24, 2.45) is 23.0 Å². The predicted molar refractivity (Wildman–Crippen MR) is 84.5 cm³/mol. The molecule has 0 bridgehead atoms. The summed E-state index contributed by atoms with van der Waals surface area (Å²) in [7, 11) is 0. The van der Waals surface area contributed by atoms with Crippen molar-refractivity contribution < 1.29 is 4.79 Å². The number of rotatable bonds is 5. The molecule has 0 aliphatic carbocycles. The molecule has 1 aliphatic heterocycles. The molecule has 1 atom stereocenters. The van der Waals surface area contributed by atoms with Gasteiger partial charge in [-0.2, -0.15) is 0 Å². The SMILES string of the molecule is CC(C)CN1CCN(C(=O)C(CN)CC(C)(C)C)CC1. The van der Waals surface area contributed by atoms with E-state index in [-0.39, 0.29) is 17.2 Å². The first kappa shape index (κ1) is 17.4. The molecule has 1 fully saturated rings. The van der Waals surface area contributed by atoms with Gasteiger partial charge in [-0.1, -0.05) is 34.6 Å². The van der Waals surface area contributed by atoms with Crippen LogP contribution >= 0.6 is 0 Å². The Bertz CT molecular complexity index is 301. The lowest BCUT2D eigenvalue weighted by molar-refractivity contribution is -0.138. The molecular weight excluding hydrogens is 250 g/mol. The number of hydrogen-bond acceptors (Lipinski definition) is 3. The van der Waals surface area contributed by atoms with Gasteiger partial charge in [0.2, 0.25) is 5.91 Å². The van der Waals surface area contributed by atoms with E-state index in [1.807, 2.05) is 4.90 Å². The number of carbonyl (C=O) groups is 1. The van der Waals surface area contributed by atoms with Crippen LogP contribution < -0.4 is 5.73 Å². The van der Waals surface area contributed by atoms with E-state index in [9.17, 15) is 4.79 Å². The highest BCUT2D eigenvalue weighted by Crippen LogP contribution is 2.25. The number of piperazine rings is 1. The largest absolute Gasteiger partial charge is 0.340 e. The van der Waals surface area contributed by atoms with Crippen molar-refractivity contribution in [3.05, 3.63) is 0 Å². The van der Waals surface area contributed by atoms with E-state index in [1.54, 1.807) is 0 Å². The van der Waals surface area contributed by atoms with Gasteiger partial charge < -0.3 is 10.6 Å². The minimum Gasteiger partial charge on any atom is -0.340 e. The van der Waals surface area contributed by atoms with Crippen LogP contribution in [0, 0.1) is 17.3 Å². The topological polar surface area (TPSA) is 49.6 Å². The molecule has 0 radical (unpaired) electrons. The highest BCUT2D eigenvalue weighted by Gasteiger charge is 2.29. The molecule has 1 unspecified atom stereocenters. The molecule has 1 heterocycles. The highest BCUT2D eigenvalue weighted by atomic mass is 16.2. The second-order valence-electron chi connectivity index (χ2n) is 7.72. The normalized spacial score (nSPS) is 19.4. The molecule has 0 spiro atoms. The van der Waals surface area contributed by atoms with Crippen LogP contribution in [0.15, 0.2) is 0 Å². The van der Waals surface area contributed by atoms with Crippen LogP contribution in [0.5, 0.6) is 0 Å². The smallest absolute Gasteiger partial charge is 0.227 e. The van der Waals surface area contributed by atoms with Crippen LogP contribution in [0.25, 0.3) is 0 Å². The van der Waals surface area contributed by atoms with Crippen molar-refractivity contribution in [1.82, 2.24) is 9.80 Å². The Morgan fingerprint density at radius 1 is 1.15 bits per heavy atom. The lowest BCUT2D eigenvalue weighted by Gasteiger charge is -2.37. The van der Waals surface area contributed by atoms with Gasteiger partial charge in [0, 0.05) is 39.3 Å². The second-order valence-corrected chi connectivity index (χ2v) is 7.72. The first-order valence-corrected chi connectivity index (χ1v) is 7.94. The van der Waals surface area contributed by atoms with E-state index in [1.165, 1.54) is 0 Å².